The van der Waals surface area contributed by atoms with Crippen molar-refractivity contribution in [3.63, 3.8) is 0 Å². The van der Waals surface area contributed by atoms with Crippen molar-refractivity contribution in [1.82, 2.24) is 14.5 Å². The number of rotatable bonds is 10. The number of carbonyl (C=O) groups is 2. The van der Waals surface area contributed by atoms with E-state index in [4.69, 9.17) is 9.47 Å². The molecule has 0 saturated carbocycles. The molecule has 11 nitrogen and oxygen atoms in total. The minimum absolute atomic E-state index is 0.0267. The Labute approximate surface area is 200 Å². The maximum Gasteiger partial charge on any atom is 0.356 e. The average molecular weight is 507 g/mol. The van der Waals surface area contributed by atoms with E-state index in [1.165, 1.54) is 56.1 Å². The molecule has 1 amide bonds. The highest BCUT2D eigenvalue weighted by Gasteiger charge is 2.25. The summed E-state index contributed by atoms with van der Waals surface area (Å²) >= 11 is 0. The summed E-state index contributed by atoms with van der Waals surface area (Å²) in [5.74, 6) is -2.45. The number of methoxy groups -OCH3 is 1. The molecular weight excluding hydrogens is 483 g/mol. The molecule has 3 N–H and O–H groups in total. The zero-order valence-corrected chi connectivity index (χ0v) is 19.8. The van der Waals surface area contributed by atoms with Crippen molar-refractivity contribution in [2.24, 2.45) is 7.05 Å². The fourth-order valence-electron chi connectivity index (χ4n) is 3.10. The summed E-state index contributed by atoms with van der Waals surface area (Å²) < 4.78 is 53.4. The number of halogens is 1. The summed E-state index contributed by atoms with van der Waals surface area (Å²) in [7, 11) is -1.28. The van der Waals surface area contributed by atoms with Gasteiger partial charge in [0.25, 0.3) is 5.91 Å². The second kappa shape index (κ2) is 10.6. The maximum atomic E-state index is 13.1. The lowest BCUT2D eigenvalue weighted by Gasteiger charge is -2.15. The molecular formula is C22H23FN4O7S. The molecule has 1 heterocycles. The molecule has 3 aromatic rings. The topological polar surface area (TPSA) is 149 Å². The Kier molecular flexibility index (Phi) is 7.84. The number of ether oxygens (including phenoxy) is 2. The third-order valence-corrected chi connectivity index (χ3v) is 6.31. The summed E-state index contributed by atoms with van der Waals surface area (Å²) in [5.41, 5.74) is 0.255. The van der Waals surface area contributed by atoms with Gasteiger partial charge in [-0.25, -0.2) is 27.0 Å². The van der Waals surface area contributed by atoms with Crippen LogP contribution in [0.5, 0.6) is 11.6 Å². The number of nitrogens with one attached hydrogen (secondary N) is 2. The van der Waals surface area contributed by atoms with E-state index >= 15 is 0 Å². The molecule has 13 heteroatoms. The van der Waals surface area contributed by atoms with Crippen molar-refractivity contribution in [2.75, 3.05) is 25.6 Å². The van der Waals surface area contributed by atoms with Gasteiger partial charge in [0.2, 0.25) is 15.9 Å². The van der Waals surface area contributed by atoms with Crippen LogP contribution < -0.4 is 14.8 Å². The number of aromatic carboxylic acids is 1. The molecule has 0 saturated heterocycles. The Balaban J connectivity index is 1.99. The number of hydrogen-bond acceptors (Lipinski definition) is 7. The predicted octanol–water partition coefficient (Wildman–Crippen LogP) is 2.54. The van der Waals surface area contributed by atoms with Crippen molar-refractivity contribution < 1.29 is 37.0 Å². The van der Waals surface area contributed by atoms with Crippen LogP contribution in [-0.2, 0) is 21.8 Å². The van der Waals surface area contributed by atoms with E-state index in [0.29, 0.717) is 0 Å². The summed E-state index contributed by atoms with van der Waals surface area (Å²) in [5, 5.41) is 15.7. The standard InChI is InChI=1S/C22H23FN4O7S/c1-13-19(22(29)30)26-27(2)21(13)34-17-9-8-16(12-18(17)35(31,32)24-10-11-33-3)25-20(28)14-4-6-15(23)7-5-14/h4-9,12,24H,10-11H2,1-3H3,(H,25,28)(H,29,30). The lowest BCUT2D eigenvalue weighted by atomic mass is 10.2. The maximum absolute atomic E-state index is 13.1. The second-order valence-corrected chi connectivity index (χ2v) is 9.06. The SMILES string of the molecule is COCCNS(=O)(=O)c1cc(NC(=O)c2ccc(F)cc2)ccc1Oc1c(C)c(C(=O)O)nn1C. The van der Waals surface area contributed by atoms with Crippen molar-refractivity contribution in [3.8, 4) is 11.6 Å². The number of carboxylic acid groups (broad SMARTS) is 1. The van der Waals surface area contributed by atoms with E-state index in [-0.39, 0.29) is 52.2 Å². The molecule has 35 heavy (non-hydrogen) atoms. The highest BCUT2D eigenvalue weighted by Crippen LogP contribution is 2.33. The van der Waals surface area contributed by atoms with E-state index in [0.717, 1.165) is 12.1 Å². The first-order chi connectivity index (χ1) is 16.5. The van der Waals surface area contributed by atoms with Gasteiger partial charge in [-0.05, 0) is 49.4 Å². The fraction of sp³-hybridized carbons (Fsp3) is 0.227. The number of carbonyl (C=O) groups excluding carboxylic acids is 1. The Bertz CT molecular complexity index is 1350. The first-order valence-corrected chi connectivity index (χ1v) is 11.7. The van der Waals surface area contributed by atoms with Gasteiger partial charge in [-0.2, -0.15) is 5.10 Å². The van der Waals surface area contributed by atoms with Crippen LogP contribution >= 0.6 is 0 Å². The number of hydrogen-bond donors (Lipinski definition) is 3. The Morgan fingerprint density at radius 2 is 1.86 bits per heavy atom. The summed E-state index contributed by atoms with van der Waals surface area (Å²) in [4.78, 5) is 23.6. The minimum atomic E-state index is -4.15. The minimum Gasteiger partial charge on any atom is -0.476 e. The predicted molar refractivity (Wildman–Crippen MR) is 123 cm³/mol. The second-order valence-electron chi connectivity index (χ2n) is 7.32. The molecule has 0 radical (unpaired) electrons. The molecule has 0 spiro atoms. The van der Waals surface area contributed by atoms with Gasteiger partial charge >= 0.3 is 5.97 Å². The first kappa shape index (κ1) is 25.8. The Morgan fingerprint density at radius 1 is 1.17 bits per heavy atom. The zero-order valence-electron chi connectivity index (χ0n) is 19.0. The number of anilines is 1. The van der Waals surface area contributed by atoms with Crippen molar-refractivity contribution in [3.05, 3.63) is 65.1 Å². The molecule has 0 aliphatic carbocycles. The molecule has 186 valence electrons. The summed E-state index contributed by atoms with van der Waals surface area (Å²) in [6.07, 6.45) is 0. The van der Waals surface area contributed by atoms with Crippen LogP contribution in [0.2, 0.25) is 0 Å². The molecule has 0 aliphatic heterocycles. The highest BCUT2D eigenvalue weighted by atomic mass is 32.2. The molecule has 0 atom stereocenters. The Morgan fingerprint density at radius 3 is 2.46 bits per heavy atom. The summed E-state index contributed by atoms with van der Waals surface area (Å²) in [6.45, 7) is 1.56. The van der Waals surface area contributed by atoms with Gasteiger partial charge in [-0.1, -0.05) is 0 Å². The van der Waals surface area contributed by atoms with Gasteiger partial charge in [0.15, 0.2) is 5.69 Å². The van der Waals surface area contributed by atoms with Crippen LogP contribution in [0, 0.1) is 12.7 Å². The molecule has 1 aromatic heterocycles. The lowest BCUT2D eigenvalue weighted by molar-refractivity contribution is 0.0688. The van der Waals surface area contributed by atoms with Crippen LogP contribution in [0.1, 0.15) is 26.4 Å². The third kappa shape index (κ3) is 6.01. The number of benzene rings is 2. The van der Waals surface area contributed by atoms with Gasteiger partial charge in [0, 0.05) is 37.5 Å². The van der Waals surface area contributed by atoms with E-state index in [1.54, 1.807) is 0 Å². The smallest absolute Gasteiger partial charge is 0.356 e. The zero-order chi connectivity index (χ0) is 25.8. The summed E-state index contributed by atoms with van der Waals surface area (Å²) in [6, 6.07) is 8.75. The van der Waals surface area contributed by atoms with Crippen molar-refractivity contribution in [1.29, 1.82) is 0 Å². The average Bonchev–Trinajstić information content (AvgIpc) is 3.09. The van der Waals surface area contributed by atoms with E-state index < -0.39 is 27.7 Å². The number of nitrogens with zero attached hydrogens (tertiary/aromatic N) is 2. The highest BCUT2D eigenvalue weighted by molar-refractivity contribution is 7.89. The first-order valence-electron chi connectivity index (χ1n) is 10.2. The number of carboxylic acids is 1. The van der Waals surface area contributed by atoms with E-state index in [9.17, 15) is 27.5 Å². The van der Waals surface area contributed by atoms with E-state index in [1.807, 2.05) is 0 Å². The van der Waals surface area contributed by atoms with Crippen molar-refractivity contribution >= 4 is 27.6 Å². The van der Waals surface area contributed by atoms with Gasteiger partial charge in [0.05, 0.1) is 6.61 Å². The monoisotopic (exact) mass is 506 g/mol. The molecule has 3 rings (SSSR count). The number of amides is 1. The molecule has 0 unspecified atom stereocenters. The quantitative estimate of drug-likeness (QED) is 0.355. The number of aromatic nitrogens is 2. The number of aryl methyl sites for hydroxylation is 1. The lowest BCUT2D eigenvalue weighted by Crippen LogP contribution is -2.27. The largest absolute Gasteiger partial charge is 0.476 e. The van der Waals surface area contributed by atoms with Gasteiger partial charge in [0.1, 0.15) is 16.5 Å². The van der Waals surface area contributed by atoms with Crippen LogP contribution in [0.25, 0.3) is 0 Å². The molecule has 0 bridgehead atoms. The van der Waals surface area contributed by atoms with Gasteiger partial charge in [-0.15, -0.1) is 0 Å². The van der Waals surface area contributed by atoms with E-state index in [2.05, 4.69) is 15.1 Å². The number of sulfonamides is 1. The van der Waals surface area contributed by atoms with Crippen molar-refractivity contribution in [2.45, 2.75) is 11.8 Å². The molecule has 2 aromatic carbocycles. The third-order valence-electron chi connectivity index (χ3n) is 4.82. The fourth-order valence-corrected chi connectivity index (χ4v) is 4.27. The normalized spacial score (nSPS) is 11.3. The molecule has 0 aliphatic rings. The van der Waals surface area contributed by atoms with Gasteiger partial charge in [-0.3, -0.25) is 4.79 Å². The van der Waals surface area contributed by atoms with Gasteiger partial charge < -0.3 is 19.9 Å². The Hall–Kier alpha value is -3.81. The van der Waals surface area contributed by atoms with Crippen LogP contribution in [-0.4, -0.2) is 55.4 Å². The van der Waals surface area contributed by atoms with Crippen LogP contribution in [0.15, 0.2) is 47.4 Å². The molecule has 0 fully saturated rings. The van der Waals surface area contributed by atoms with Crippen LogP contribution in [0.3, 0.4) is 0 Å². The van der Waals surface area contributed by atoms with Crippen LogP contribution in [0.4, 0.5) is 10.1 Å².